The average molecular weight is 484 g/mol. The maximum absolute atomic E-state index is 13.7. The molecule has 2 aromatic heterocycles. The minimum atomic E-state index is -1.26. The van der Waals surface area contributed by atoms with Crippen molar-refractivity contribution < 1.29 is 19.4 Å². The molecule has 0 radical (unpaired) electrons. The molecule has 0 fully saturated rings. The van der Waals surface area contributed by atoms with E-state index in [2.05, 4.69) is 15.3 Å². The van der Waals surface area contributed by atoms with Crippen LogP contribution in [0.2, 0.25) is 0 Å². The van der Waals surface area contributed by atoms with Crippen molar-refractivity contribution >= 4 is 28.8 Å². The first kappa shape index (κ1) is 22.5. The number of carboxylic acid groups (broad SMARTS) is 1. The first-order chi connectivity index (χ1) is 17.4. The molecule has 11 nitrogen and oxygen atoms in total. The highest BCUT2D eigenvalue weighted by Gasteiger charge is 2.21. The SMILES string of the molecule is COc1cc(NC(=O)O)cc(-n2c(=O)n(-c3ccc(Oc4ccccc4)cc3)c3c(N)ncnc32)c1. The number of rotatable bonds is 6. The predicted octanol–water partition coefficient (Wildman–Crippen LogP) is 4.04. The van der Waals surface area contributed by atoms with Crippen LogP contribution >= 0.6 is 0 Å². The van der Waals surface area contributed by atoms with Crippen LogP contribution in [-0.2, 0) is 0 Å². The smallest absolute Gasteiger partial charge is 0.409 e. The lowest BCUT2D eigenvalue weighted by Gasteiger charge is -2.09. The van der Waals surface area contributed by atoms with Gasteiger partial charge in [-0.25, -0.2) is 24.1 Å². The van der Waals surface area contributed by atoms with E-state index in [0.717, 1.165) is 0 Å². The molecule has 0 saturated heterocycles. The van der Waals surface area contributed by atoms with Crippen molar-refractivity contribution in [3.8, 4) is 28.6 Å². The van der Waals surface area contributed by atoms with Gasteiger partial charge in [-0.15, -0.1) is 0 Å². The maximum Gasteiger partial charge on any atom is 0.409 e. The van der Waals surface area contributed by atoms with Gasteiger partial charge >= 0.3 is 11.8 Å². The van der Waals surface area contributed by atoms with Crippen molar-refractivity contribution in [1.29, 1.82) is 0 Å². The first-order valence-corrected chi connectivity index (χ1v) is 10.7. The Hall–Kier alpha value is -5.32. The summed E-state index contributed by atoms with van der Waals surface area (Å²) in [6.45, 7) is 0. The van der Waals surface area contributed by atoms with E-state index >= 15 is 0 Å². The van der Waals surface area contributed by atoms with E-state index in [0.29, 0.717) is 34.1 Å². The van der Waals surface area contributed by atoms with Crippen LogP contribution in [0.1, 0.15) is 0 Å². The number of nitrogen functional groups attached to an aromatic ring is 1. The number of anilines is 2. The number of para-hydroxylation sites is 1. The minimum absolute atomic E-state index is 0.104. The molecule has 2 heterocycles. The zero-order valence-electron chi connectivity index (χ0n) is 19.0. The summed E-state index contributed by atoms with van der Waals surface area (Å²) in [6, 6.07) is 20.8. The molecule has 5 aromatic rings. The number of methoxy groups -OCH3 is 1. The summed E-state index contributed by atoms with van der Waals surface area (Å²) in [5.74, 6) is 1.71. The molecule has 5 rings (SSSR count). The standard InChI is InChI=1S/C25H20N6O5/c1-35-20-12-15(29-24(32)33)11-17(13-20)31-23-21(22(26)27-14-28-23)30(25(31)34)16-7-9-19(10-8-16)36-18-5-3-2-4-6-18/h2-14,29H,1H3,(H,32,33)(H2,26,27,28). The topological polar surface area (TPSA) is 147 Å². The molecule has 0 atom stereocenters. The number of amides is 1. The Morgan fingerprint density at radius 2 is 1.64 bits per heavy atom. The number of aromatic nitrogens is 4. The van der Waals surface area contributed by atoms with E-state index in [9.17, 15) is 9.59 Å². The zero-order chi connectivity index (χ0) is 25.2. The average Bonchev–Trinajstić information content (AvgIpc) is 3.17. The van der Waals surface area contributed by atoms with Crippen LogP contribution in [0, 0.1) is 0 Å². The van der Waals surface area contributed by atoms with Crippen molar-refractivity contribution in [2.75, 3.05) is 18.2 Å². The Kier molecular flexibility index (Phi) is 5.71. The van der Waals surface area contributed by atoms with Crippen molar-refractivity contribution in [2.24, 2.45) is 0 Å². The number of imidazole rings is 1. The van der Waals surface area contributed by atoms with E-state index < -0.39 is 11.8 Å². The second kappa shape index (κ2) is 9.14. The number of hydrogen-bond acceptors (Lipinski definition) is 7. The molecule has 36 heavy (non-hydrogen) atoms. The van der Waals surface area contributed by atoms with Gasteiger partial charge in [0.1, 0.15) is 29.1 Å². The molecule has 4 N–H and O–H groups in total. The lowest BCUT2D eigenvalue weighted by atomic mass is 10.2. The quantitative estimate of drug-likeness (QED) is 0.327. The zero-order valence-corrected chi connectivity index (χ0v) is 19.0. The van der Waals surface area contributed by atoms with Gasteiger partial charge in [-0.1, -0.05) is 18.2 Å². The minimum Gasteiger partial charge on any atom is -0.497 e. The van der Waals surface area contributed by atoms with Crippen LogP contribution in [-0.4, -0.2) is 37.4 Å². The predicted molar refractivity (Wildman–Crippen MR) is 134 cm³/mol. The molecule has 0 bridgehead atoms. The number of nitrogens with two attached hydrogens (primary N) is 1. The van der Waals surface area contributed by atoms with Crippen LogP contribution < -0.4 is 26.2 Å². The molecular formula is C25H20N6O5. The molecule has 0 saturated carbocycles. The number of ether oxygens (including phenoxy) is 2. The number of nitrogens with one attached hydrogen (secondary N) is 1. The van der Waals surface area contributed by atoms with Gasteiger partial charge < -0.3 is 20.3 Å². The van der Waals surface area contributed by atoms with Crippen LogP contribution in [0.3, 0.4) is 0 Å². The van der Waals surface area contributed by atoms with Gasteiger partial charge in [0.05, 0.1) is 18.5 Å². The second-order valence-corrected chi connectivity index (χ2v) is 7.64. The van der Waals surface area contributed by atoms with Crippen molar-refractivity contribution in [3.05, 3.63) is 89.6 Å². The fraction of sp³-hybridized carbons (Fsp3) is 0.0400. The number of carbonyl (C=O) groups is 1. The van der Waals surface area contributed by atoms with Crippen LogP contribution in [0.15, 0.2) is 83.9 Å². The molecule has 3 aromatic carbocycles. The molecule has 180 valence electrons. The Morgan fingerprint density at radius 3 is 2.33 bits per heavy atom. The normalized spacial score (nSPS) is 10.8. The van der Waals surface area contributed by atoms with E-state index in [1.54, 1.807) is 30.3 Å². The van der Waals surface area contributed by atoms with Gasteiger partial charge in [0.2, 0.25) is 0 Å². The van der Waals surface area contributed by atoms with E-state index in [4.69, 9.17) is 20.3 Å². The van der Waals surface area contributed by atoms with Crippen LogP contribution in [0.4, 0.5) is 16.3 Å². The third-order valence-electron chi connectivity index (χ3n) is 5.36. The molecule has 0 unspecified atom stereocenters. The third-order valence-corrected chi connectivity index (χ3v) is 5.36. The Balaban J connectivity index is 1.65. The maximum atomic E-state index is 13.7. The molecule has 0 aliphatic rings. The first-order valence-electron chi connectivity index (χ1n) is 10.7. The summed E-state index contributed by atoms with van der Waals surface area (Å²) in [5, 5.41) is 11.4. The van der Waals surface area contributed by atoms with Crippen molar-refractivity contribution in [3.63, 3.8) is 0 Å². The highest BCUT2D eigenvalue weighted by Crippen LogP contribution is 2.28. The van der Waals surface area contributed by atoms with E-state index in [-0.39, 0.29) is 17.2 Å². The summed E-state index contributed by atoms with van der Waals surface area (Å²) < 4.78 is 13.9. The Bertz CT molecular complexity index is 1630. The summed E-state index contributed by atoms with van der Waals surface area (Å²) in [4.78, 5) is 33.3. The van der Waals surface area contributed by atoms with Gasteiger partial charge in [0.25, 0.3) is 0 Å². The number of hydrogen-bond donors (Lipinski definition) is 3. The molecule has 0 aliphatic heterocycles. The van der Waals surface area contributed by atoms with Crippen LogP contribution in [0.25, 0.3) is 22.5 Å². The summed E-state index contributed by atoms with van der Waals surface area (Å²) in [7, 11) is 1.44. The molecular weight excluding hydrogens is 464 g/mol. The lowest BCUT2D eigenvalue weighted by Crippen LogP contribution is -2.22. The third kappa shape index (κ3) is 4.16. The van der Waals surface area contributed by atoms with Gasteiger partial charge in [-0.2, -0.15) is 0 Å². The molecule has 0 aliphatic carbocycles. The van der Waals surface area contributed by atoms with Gasteiger partial charge in [0, 0.05) is 17.8 Å². The molecule has 11 heteroatoms. The highest BCUT2D eigenvalue weighted by molar-refractivity contribution is 5.87. The highest BCUT2D eigenvalue weighted by atomic mass is 16.5. The largest absolute Gasteiger partial charge is 0.497 e. The second-order valence-electron chi connectivity index (χ2n) is 7.64. The van der Waals surface area contributed by atoms with Gasteiger partial charge in [-0.05, 0) is 42.5 Å². The fourth-order valence-electron chi connectivity index (χ4n) is 3.83. The summed E-state index contributed by atoms with van der Waals surface area (Å²) in [6.07, 6.45) is -0.000864. The van der Waals surface area contributed by atoms with E-state index in [1.165, 1.54) is 34.7 Å². The summed E-state index contributed by atoms with van der Waals surface area (Å²) in [5.41, 5.74) is 7.29. The monoisotopic (exact) mass is 484 g/mol. The fourth-order valence-corrected chi connectivity index (χ4v) is 3.83. The number of benzene rings is 3. The van der Waals surface area contributed by atoms with Crippen LogP contribution in [0.5, 0.6) is 17.2 Å². The number of nitrogens with zero attached hydrogens (tertiary/aromatic N) is 4. The Labute approximate surface area is 204 Å². The van der Waals surface area contributed by atoms with E-state index in [1.807, 2.05) is 30.3 Å². The Morgan fingerprint density at radius 1 is 0.917 bits per heavy atom. The van der Waals surface area contributed by atoms with Gasteiger partial charge in [-0.3, -0.25) is 9.88 Å². The van der Waals surface area contributed by atoms with Gasteiger partial charge in [0.15, 0.2) is 11.5 Å². The van der Waals surface area contributed by atoms with Crippen molar-refractivity contribution in [1.82, 2.24) is 19.1 Å². The molecule has 1 amide bonds. The summed E-state index contributed by atoms with van der Waals surface area (Å²) >= 11 is 0. The number of fused-ring (bicyclic) bond motifs is 1. The van der Waals surface area contributed by atoms with Crippen molar-refractivity contribution in [2.45, 2.75) is 0 Å². The molecule has 0 spiro atoms. The lowest BCUT2D eigenvalue weighted by molar-refractivity contribution is 0.209.